The molecule has 6 nitrogen and oxygen atoms in total. The smallest absolute Gasteiger partial charge is 0.248 e. The van der Waals surface area contributed by atoms with Crippen LogP contribution in [-0.2, 0) is 14.8 Å². The van der Waals surface area contributed by atoms with Gasteiger partial charge in [-0.2, -0.15) is 0 Å². The highest BCUT2D eigenvalue weighted by molar-refractivity contribution is 7.92. The van der Waals surface area contributed by atoms with Crippen molar-refractivity contribution in [2.45, 2.75) is 88.8 Å². The Morgan fingerprint density at radius 3 is 2.26 bits per heavy atom. The number of nitrogens with zero attached hydrogens (tertiary/aromatic N) is 2. The van der Waals surface area contributed by atoms with Gasteiger partial charge in [0.2, 0.25) is 21.9 Å². The van der Waals surface area contributed by atoms with E-state index >= 15 is 0 Å². The summed E-state index contributed by atoms with van der Waals surface area (Å²) in [6.45, 7) is 2.28. The SMILES string of the molecule is C[C@H](CN(c1ccccc1)S(=O)(=O)CC1CCC(F)(F)CC1)N1C2CCC1CC(CC(=O)Nc1ccc(F)cc1F)C2. The van der Waals surface area contributed by atoms with Crippen molar-refractivity contribution in [3.8, 4) is 0 Å². The molecule has 42 heavy (non-hydrogen) atoms. The van der Waals surface area contributed by atoms with E-state index in [1.165, 1.54) is 10.4 Å². The third kappa shape index (κ3) is 7.27. The Morgan fingerprint density at radius 1 is 1.00 bits per heavy atom. The second-order valence-corrected chi connectivity index (χ2v) is 14.3. The Hall–Kier alpha value is -2.66. The van der Waals surface area contributed by atoms with Crippen LogP contribution in [0.5, 0.6) is 0 Å². The molecule has 1 amide bonds. The number of carbonyl (C=O) groups excluding carboxylic acids is 1. The van der Waals surface area contributed by atoms with E-state index in [-0.39, 0.29) is 86.0 Å². The molecule has 1 aliphatic carbocycles. The van der Waals surface area contributed by atoms with Gasteiger partial charge >= 0.3 is 0 Å². The zero-order valence-electron chi connectivity index (χ0n) is 23.8. The van der Waals surface area contributed by atoms with Crippen LogP contribution in [0.25, 0.3) is 0 Å². The van der Waals surface area contributed by atoms with E-state index in [4.69, 9.17) is 0 Å². The average molecular weight is 610 g/mol. The van der Waals surface area contributed by atoms with Gasteiger partial charge in [-0.25, -0.2) is 26.0 Å². The molecule has 0 spiro atoms. The van der Waals surface area contributed by atoms with Gasteiger partial charge in [-0.15, -0.1) is 0 Å². The lowest BCUT2D eigenvalue weighted by Gasteiger charge is -2.44. The number of benzene rings is 2. The first kappa shape index (κ1) is 30.8. The lowest BCUT2D eigenvalue weighted by atomic mass is 9.87. The van der Waals surface area contributed by atoms with Crippen molar-refractivity contribution in [2.24, 2.45) is 11.8 Å². The molecule has 11 heteroatoms. The molecular formula is C31H39F4N3O3S. The number of alkyl halides is 2. The fourth-order valence-electron chi connectivity index (χ4n) is 7.23. The number of anilines is 2. The number of para-hydroxylation sites is 1. The molecule has 0 aromatic heterocycles. The second kappa shape index (κ2) is 12.5. The molecule has 230 valence electrons. The molecule has 2 saturated heterocycles. The topological polar surface area (TPSA) is 69.7 Å². The number of halogens is 4. The highest BCUT2D eigenvalue weighted by Crippen LogP contribution is 2.42. The van der Waals surface area contributed by atoms with Crippen LogP contribution in [-0.4, -0.2) is 55.6 Å². The fraction of sp³-hybridized carbons (Fsp3) is 0.581. The van der Waals surface area contributed by atoms with E-state index in [0.717, 1.165) is 37.8 Å². The predicted octanol–water partition coefficient (Wildman–Crippen LogP) is 6.59. The molecule has 3 aliphatic rings. The first-order chi connectivity index (χ1) is 19.9. The molecule has 1 N–H and O–H groups in total. The summed E-state index contributed by atoms with van der Waals surface area (Å²) in [5.74, 6) is -4.88. The number of rotatable bonds is 10. The molecule has 0 radical (unpaired) electrons. The number of nitrogens with one attached hydrogen (secondary N) is 1. The van der Waals surface area contributed by atoms with Crippen LogP contribution < -0.4 is 9.62 Å². The normalized spacial score (nSPS) is 25.2. The number of hydrogen-bond acceptors (Lipinski definition) is 4. The summed E-state index contributed by atoms with van der Waals surface area (Å²) in [5.41, 5.74) is 0.525. The first-order valence-corrected chi connectivity index (χ1v) is 16.5. The Kier molecular flexibility index (Phi) is 9.18. The number of carbonyl (C=O) groups is 1. The van der Waals surface area contributed by atoms with Crippen molar-refractivity contribution in [1.29, 1.82) is 0 Å². The number of amides is 1. The average Bonchev–Trinajstić information content (AvgIpc) is 3.20. The molecule has 5 rings (SSSR count). The summed E-state index contributed by atoms with van der Waals surface area (Å²) in [6.07, 6.45) is 3.53. The van der Waals surface area contributed by atoms with Gasteiger partial charge in [-0.05, 0) is 81.5 Å². The standard InChI is InChI=1S/C31H39F4N3O3S/c1-21(19-37(25-5-3-2-4-6-25)42(40,41)20-22-11-13-31(34,35)14-12-22)38-26-8-9-27(38)16-23(15-26)17-30(39)36-29-10-7-24(32)18-28(29)33/h2-7,10,18,21-23,26-27H,8-9,11-17,19-20H2,1H3,(H,36,39)/t21-,23?,26?,27?/m1/s1. The van der Waals surface area contributed by atoms with E-state index in [9.17, 15) is 30.8 Å². The number of piperidine rings is 1. The maximum atomic E-state index is 14.0. The number of hydrogen-bond donors (Lipinski definition) is 1. The summed E-state index contributed by atoms with van der Waals surface area (Å²) in [6, 6.07) is 12.3. The highest BCUT2D eigenvalue weighted by atomic mass is 32.2. The molecule has 2 heterocycles. The van der Waals surface area contributed by atoms with E-state index in [1.807, 2.05) is 13.0 Å². The second-order valence-electron chi connectivity index (χ2n) is 12.3. The van der Waals surface area contributed by atoms with E-state index in [1.54, 1.807) is 24.3 Å². The van der Waals surface area contributed by atoms with Gasteiger partial charge in [-0.3, -0.25) is 14.0 Å². The molecule has 3 fully saturated rings. The maximum absolute atomic E-state index is 14.0. The Morgan fingerprint density at radius 2 is 1.64 bits per heavy atom. The van der Waals surface area contributed by atoms with Crippen molar-refractivity contribution in [3.63, 3.8) is 0 Å². The van der Waals surface area contributed by atoms with Gasteiger partial charge in [0.15, 0.2) is 0 Å². The quantitative estimate of drug-likeness (QED) is 0.309. The predicted molar refractivity (Wildman–Crippen MR) is 155 cm³/mol. The number of sulfonamides is 1. The summed E-state index contributed by atoms with van der Waals surface area (Å²) in [7, 11) is -3.77. The van der Waals surface area contributed by atoms with Gasteiger partial charge in [0, 0.05) is 50.0 Å². The maximum Gasteiger partial charge on any atom is 0.248 e. The number of fused-ring (bicyclic) bond motifs is 2. The molecule has 2 aliphatic heterocycles. The summed E-state index contributed by atoms with van der Waals surface area (Å²) >= 11 is 0. The van der Waals surface area contributed by atoms with Crippen molar-refractivity contribution in [2.75, 3.05) is 21.9 Å². The van der Waals surface area contributed by atoms with Crippen LogP contribution in [0.1, 0.15) is 64.7 Å². The fourth-order valence-corrected chi connectivity index (χ4v) is 9.22. The van der Waals surface area contributed by atoms with Crippen LogP contribution >= 0.6 is 0 Å². The third-order valence-electron chi connectivity index (χ3n) is 9.17. The molecule has 2 unspecified atom stereocenters. The summed E-state index contributed by atoms with van der Waals surface area (Å²) in [5, 5.41) is 2.56. The lowest BCUT2D eigenvalue weighted by Crippen LogP contribution is -2.53. The van der Waals surface area contributed by atoms with Gasteiger partial charge < -0.3 is 5.32 Å². The molecule has 2 aromatic rings. The Balaban J connectivity index is 1.23. The molecule has 2 aromatic carbocycles. The molecule has 2 bridgehead atoms. The lowest BCUT2D eigenvalue weighted by molar-refractivity contribution is -0.117. The van der Waals surface area contributed by atoms with Crippen LogP contribution in [0.15, 0.2) is 48.5 Å². The molecular weight excluding hydrogens is 570 g/mol. The van der Waals surface area contributed by atoms with Crippen molar-refractivity contribution < 1.29 is 30.8 Å². The third-order valence-corrected chi connectivity index (χ3v) is 11.1. The minimum atomic E-state index is -3.77. The minimum Gasteiger partial charge on any atom is -0.324 e. The van der Waals surface area contributed by atoms with Crippen molar-refractivity contribution in [3.05, 3.63) is 60.2 Å². The zero-order chi connectivity index (χ0) is 30.1. The molecule has 1 saturated carbocycles. The van der Waals surface area contributed by atoms with Crippen LogP contribution in [0.2, 0.25) is 0 Å². The Labute approximate surface area is 245 Å². The Bertz CT molecular complexity index is 1340. The summed E-state index contributed by atoms with van der Waals surface area (Å²) < 4.78 is 83.6. The van der Waals surface area contributed by atoms with E-state index in [2.05, 4.69) is 10.2 Å². The van der Waals surface area contributed by atoms with Gasteiger partial charge in [0.05, 0.1) is 17.1 Å². The zero-order valence-corrected chi connectivity index (χ0v) is 24.6. The minimum absolute atomic E-state index is 0.0421. The van der Waals surface area contributed by atoms with E-state index < -0.39 is 27.6 Å². The first-order valence-electron chi connectivity index (χ1n) is 14.9. The highest BCUT2D eigenvalue weighted by Gasteiger charge is 2.44. The van der Waals surface area contributed by atoms with Crippen LogP contribution in [0.4, 0.5) is 28.9 Å². The largest absolute Gasteiger partial charge is 0.324 e. The van der Waals surface area contributed by atoms with Crippen molar-refractivity contribution in [1.82, 2.24) is 4.90 Å². The summed E-state index contributed by atoms with van der Waals surface area (Å²) in [4.78, 5) is 15.1. The monoisotopic (exact) mass is 609 g/mol. The van der Waals surface area contributed by atoms with Gasteiger partial charge in [-0.1, -0.05) is 18.2 Å². The van der Waals surface area contributed by atoms with Gasteiger partial charge in [0.25, 0.3) is 0 Å². The molecule has 3 atom stereocenters. The van der Waals surface area contributed by atoms with Crippen LogP contribution in [0.3, 0.4) is 0 Å². The van der Waals surface area contributed by atoms with Crippen molar-refractivity contribution >= 4 is 27.3 Å². The van der Waals surface area contributed by atoms with Gasteiger partial charge in [0.1, 0.15) is 11.6 Å². The van der Waals surface area contributed by atoms with Crippen LogP contribution in [0, 0.1) is 23.5 Å². The van der Waals surface area contributed by atoms with E-state index in [0.29, 0.717) is 5.69 Å².